The average molecular weight is 512 g/mol. The summed E-state index contributed by atoms with van der Waals surface area (Å²) in [7, 11) is -1.38. The maximum atomic E-state index is 10.5. The second-order valence-electron chi connectivity index (χ2n) is 13.5. The van der Waals surface area contributed by atoms with Gasteiger partial charge in [-0.25, -0.2) is 0 Å². The summed E-state index contributed by atoms with van der Waals surface area (Å²) in [4.78, 5) is 0. The predicted molar refractivity (Wildman–Crippen MR) is 156 cm³/mol. The van der Waals surface area contributed by atoms with E-state index in [4.69, 9.17) is 9.16 Å². The minimum absolute atomic E-state index is 0.0651. The summed E-state index contributed by atoms with van der Waals surface area (Å²) >= 11 is 0. The molecule has 0 aromatic heterocycles. The van der Waals surface area contributed by atoms with Crippen molar-refractivity contribution in [2.45, 2.75) is 135 Å². The molecule has 0 saturated carbocycles. The summed E-state index contributed by atoms with van der Waals surface area (Å²) in [5, 5.41) is 12.0. The van der Waals surface area contributed by atoms with Crippen molar-refractivity contribution in [3.05, 3.63) is 18.2 Å². The van der Waals surface area contributed by atoms with E-state index in [0.717, 1.165) is 18.8 Å². The maximum Gasteiger partial charge on any atom is 0.186 e. The smallest absolute Gasteiger partial charge is 0.186 e. The van der Waals surface area contributed by atoms with Gasteiger partial charge in [-0.3, -0.25) is 0 Å². The number of rotatable bonds is 12. The zero-order chi connectivity index (χ0) is 26.4. The van der Waals surface area contributed by atoms with Crippen LogP contribution in [0.3, 0.4) is 0 Å². The highest BCUT2D eigenvalue weighted by molar-refractivity contribution is 7.87. The predicted octanol–water partition coefficient (Wildman–Crippen LogP) is 9.00. The molecule has 5 heteroatoms. The van der Waals surface area contributed by atoms with E-state index >= 15 is 0 Å². The Labute approximate surface area is 213 Å². The van der Waals surface area contributed by atoms with Crippen molar-refractivity contribution < 1.29 is 14.3 Å². The van der Waals surface area contributed by atoms with E-state index in [9.17, 15) is 5.11 Å². The van der Waals surface area contributed by atoms with Crippen LogP contribution in [0, 0.1) is 0 Å². The van der Waals surface area contributed by atoms with Crippen LogP contribution >= 0.6 is 7.26 Å². The first kappa shape index (κ1) is 31.5. The number of hydrogen-bond acceptors (Lipinski definition) is 3. The lowest BCUT2D eigenvalue weighted by atomic mass is 10.1. The number of phenolic OH excluding ortho intramolecular Hbond substituents is 1. The van der Waals surface area contributed by atoms with Crippen molar-refractivity contribution >= 4 is 20.9 Å². The minimum atomic E-state index is -1.85. The van der Waals surface area contributed by atoms with Crippen LogP contribution < -0.4 is 10.0 Å². The molecule has 0 atom stereocenters. The van der Waals surface area contributed by atoms with E-state index in [1.54, 1.807) is 6.07 Å². The van der Waals surface area contributed by atoms with Crippen LogP contribution in [-0.4, -0.2) is 42.6 Å². The lowest BCUT2D eigenvalue weighted by molar-refractivity contribution is 0.306. The first-order valence-electron chi connectivity index (χ1n) is 13.3. The second kappa shape index (κ2) is 12.1. The SMILES string of the molecule is CO[Si](C)(C)CCCCCCCCOc1ccc(O)cc1[P+](C(C)(C)C)(C(C)(C)C)C(C)(C)C. The van der Waals surface area contributed by atoms with Crippen LogP contribution in [0.25, 0.3) is 0 Å². The number of benzene rings is 1. The van der Waals surface area contributed by atoms with Gasteiger partial charge in [-0.1, -0.05) is 32.1 Å². The van der Waals surface area contributed by atoms with E-state index in [1.807, 2.05) is 19.2 Å². The number of ether oxygens (including phenoxy) is 1. The van der Waals surface area contributed by atoms with E-state index < -0.39 is 15.6 Å². The molecule has 34 heavy (non-hydrogen) atoms. The molecule has 0 bridgehead atoms. The molecular formula is C29H56O3PSi+. The van der Waals surface area contributed by atoms with Gasteiger partial charge in [0.15, 0.2) is 14.1 Å². The van der Waals surface area contributed by atoms with Crippen molar-refractivity contribution in [1.82, 2.24) is 0 Å². The van der Waals surface area contributed by atoms with Gasteiger partial charge in [0.1, 0.15) is 11.1 Å². The Kier molecular flexibility index (Phi) is 11.2. The van der Waals surface area contributed by atoms with Crippen molar-refractivity contribution in [2.24, 2.45) is 0 Å². The second-order valence-corrected chi connectivity index (χ2v) is 23.8. The molecule has 1 aromatic rings. The molecule has 198 valence electrons. The third-order valence-corrected chi connectivity index (χ3v) is 17.1. The van der Waals surface area contributed by atoms with Crippen LogP contribution in [0.2, 0.25) is 19.1 Å². The first-order chi connectivity index (χ1) is 15.4. The Morgan fingerprint density at radius 2 is 1.24 bits per heavy atom. The molecule has 0 fully saturated rings. The Bertz CT molecular complexity index is 718. The van der Waals surface area contributed by atoms with Crippen LogP contribution in [0.1, 0.15) is 101 Å². The zero-order valence-electron chi connectivity index (χ0n) is 24.6. The van der Waals surface area contributed by atoms with Gasteiger partial charge in [0.2, 0.25) is 0 Å². The van der Waals surface area contributed by atoms with Gasteiger partial charge in [-0.2, -0.15) is 0 Å². The quantitative estimate of drug-likeness (QED) is 0.173. The van der Waals surface area contributed by atoms with Crippen molar-refractivity contribution in [3.8, 4) is 11.5 Å². The van der Waals surface area contributed by atoms with Gasteiger partial charge in [0, 0.05) is 13.2 Å². The first-order valence-corrected chi connectivity index (χ1v) is 18.2. The van der Waals surface area contributed by atoms with Crippen LogP contribution in [0.15, 0.2) is 18.2 Å². The molecule has 3 nitrogen and oxygen atoms in total. The number of aromatic hydroxyl groups is 1. The summed E-state index contributed by atoms with van der Waals surface area (Å²) < 4.78 is 12.1. The van der Waals surface area contributed by atoms with Gasteiger partial charge >= 0.3 is 0 Å². The van der Waals surface area contributed by atoms with Crippen molar-refractivity contribution in [1.29, 1.82) is 0 Å². The van der Waals surface area contributed by atoms with E-state index in [1.165, 1.54) is 43.5 Å². The van der Waals surface area contributed by atoms with Crippen molar-refractivity contribution in [3.63, 3.8) is 0 Å². The molecule has 1 rings (SSSR count). The van der Waals surface area contributed by atoms with Crippen LogP contribution in [0.4, 0.5) is 0 Å². The molecule has 0 amide bonds. The number of unbranched alkanes of at least 4 members (excludes halogenated alkanes) is 5. The average Bonchev–Trinajstić information content (AvgIpc) is 2.65. The molecule has 0 aliphatic heterocycles. The molecule has 0 radical (unpaired) electrons. The van der Waals surface area contributed by atoms with Gasteiger partial charge < -0.3 is 14.3 Å². The van der Waals surface area contributed by atoms with E-state index in [-0.39, 0.29) is 15.5 Å². The summed E-state index contributed by atoms with van der Waals surface area (Å²) in [6, 6.07) is 7.06. The molecule has 0 saturated heterocycles. The monoisotopic (exact) mass is 511 g/mol. The fraction of sp³-hybridized carbons (Fsp3) is 0.793. The zero-order valence-corrected chi connectivity index (χ0v) is 26.5. The summed E-state index contributed by atoms with van der Waals surface area (Å²) in [6.07, 6.45) is 7.44. The van der Waals surface area contributed by atoms with E-state index in [2.05, 4.69) is 75.4 Å². The number of hydrogen-bond donors (Lipinski definition) is 1. The highest BCUT2D eigenvalue weighted by atomic mass is 31.2. The number of phenols is 1. The third-order valence-electron chi connectivity index (χ3n) is 7.31. The van der Waals surface area contributed by atoms with Gasteiger partial charge in [0.05, 0.1) is 29.3 Å². The van der Waals surface area contributed by atoms with E-state index in [0.29, 0.717) is 5.75 Å². The Hall–Kier alpha value is -0.573. The molecular weight excluding hydrogens is 455 g/mol. The van der Waals surface area contributed by atoms with Crippen molar-refractivity contribution in [2.75, 3.05) is 13.7 Å². The Balaban J connectivity index is 2.91. The molecule has 1 N–H and O–H groups in total. The molecule has 1 aromatic carbocycles. The Morgan fingerprint density at radius 3 is 1.71 bits per heavy atom. The third kappa shape index (κ3) is 7.71. The van der Waals surface area contributed by atoms with Gasteiger partial charge in [-0.15, -0.1) is 0 Å². The fourth-order valence-corrected chi connectivity index (χ4v) is 16.9. The Morgan fingerprint density at radius 1 is 0.765 bits per heavy atom. The lowest BCUT2D eigenvalue weighted by Crippen LogP contribution is -2.49. The molecule has 0 unspecified atom stereocenters. The molecule has 0 spiro atoms. The largest absolute Gasteiger partial charge is 0.508 e. The summed E-state index contributed by atoms with van der Waals surface area (Å²) in [5.74, 6) is 1.31. The minimum Gasteiger partial charge on any atom is -0.508 e. The standard InChI is InChI=1S/C29H55O3PSi/c1-27(2,3)33(28(4,5)6,29(7,8)9)26-23-24(30)19-20-25(26)32-21-17-15-13-14-16-18-22-34(11,12)31-10/h19-20,23H,13-18,21-22H2,1-12H3/p+1. The highest BCUT2D eigenvalue weighted by Gasteiger charge is 2.67. The van der Waals surface area contributed by atoms with Gasteiger partial charge in [-0.05, 0) is 100 Å². The fourth-order valence-electron chi connectivity index (χ4n) is 6.64. The highest BCUT2D eigenvalue weighted by Crippen LogP contribution is 2.83. The van der Waals surface area contributed by atoms with Crippen LogP contribution in [0.5, 0.6) is 11.5 Å². The summed E-state index contributed by atoms with van der Waals surface area (Å²) in [6.45, 7) is 26.7. The molecule has 0 heterocycles. The van der Waals surface area contributed by atoms with Crippen LogP contribution in [-0.2, 0) is 4.43 Å². The normalized spacial score (nSPS) is 13.9. The topological polar surface area (TPSA) is 38.7 Å². The maximum absolute atomic E-state index is 10.5. The van der Waals surface area contributed by atoms with Gasteiger partial charge in [0.25, 0.3) is 0 Å². The molecule has 0 aliphatic rings. The molecule has 0 aliphatic carbocycles. The summed E-state index contributed by atoms with van der Waals surface area (Å²) in [5.41, 5.74) is 0. The lowest BCUT2D eigenvalue weighted by Gasteiger charge is -2.54.